The van der Waals surface area contributed by atoms with Gasteiger partial charge in [-0.15, -0.1) is 0 Å². The van der Waals surface area contributed by atoms with Crippen molar-refractivity contribution in [3.8, 4) is 0 Å². The lowest BCUT2D eigenvalue weighted by molar-refractivity contribution is 0.0851. The molecule has 1 rings (SSSR count). The third-order valence-electron chi connectivity index (χ3n) is 3.12. The average molecular weight is 202 g/mol. The van der Waals surface area contributed by atoms with Gasteiger partial charge < -0.3 is 20.9 Å². The van der Waals surface area contributed by atoms with E-state index in [0.717, 1.165) is 32.4 Å². The fourth-order valence-corrected chi connectivity index (χ4v) is 1.93. The Hall–Kier alpha value is -0.160. The number of aliphatic hydroxyl groups excluding tert-OH is 1. The average Bonchev–Trinajstić information content (AvgIpc) is 2.56. The molecule has 2 atom stereocenters. The van der Waals surface area contributed by atoms with Gasteiger partial charge in [0.2, 0.25) is 0 Å². The van der Waals surface area contributed by atoms with Crippen molar-refractivity contribution in [3.63, 3.8) is 0 Å². The van der Waals surface area contributed by atoms with Crippen LogP contribution in [0.4, 0.5) is 0 Å². The molecule has 1 saturated heterocycles. The fraction of sp³-hybridized carbons (Fsp3) is 1.00. The summed E-state index contributed by atoms with van der Waals surface area (Å²) in [5.74, 6) is 0. The van der Waals surface area contributed by atoms with E-state index in [1.165, 1.54) is 0 Å². The highest BCUT2D eigenvalue weighted by Gasteiger charge is 2.39. The van der Waals surface area contributed by atoms with Crippen LogP contribution in [0.3, 0.4) is 0 Å². The summed E-state index contributed by atoms with van der Waals surface area (Å²) in [6.07, 6.45) is 3.03. The van der Waals surface area contributed by atoms with E-state index in [4.69, 9.17) is 15.6 Å². The summed E-state index contributed by atoms with van der Waals surface area (Å²) >= 11 is 0. The van der Waals surface area contributed by atoms with Gasteiger partial charge in [-0.1, -0.05) is 0 Å². The molecule has 1 fully saturated rings. The molecule has 4 N–H and O–H groups in total. The van der Waals surface area contributed by atoms with Gasteiger partial charge in [0, 0.05) is 19.8 Å². The van der Waals surface area contributed by atoms with Crippen molar-refractivity contribution < 1.29 is 9.84 Å². The van der Waals surface area contributed by atoms with Crippen LogP contribution in [0.1, 0.15) is 26.2 Å². The van der Waals surface area contributed by atoms with E-state index >= 15 is 0 Å². The Balaban J connectivity index is 2.30. The first-order valence-electron chi connectivity index (χ1n) is 5.43. The summed E-state index contributed by atoms with van der Waals surface area (Å²) in [7, 11) is 0. The summed E-state index contributed by atoms with van der Waals surface area (Å²) < 4.78 is 5.52. The van der Waals surface area contributed by atoms with Crippen LogP contribution in [0, 0.1) is 0 Å². The zero-order chi connectivity index (χ0) is 10.4. The Morgan fingerprint density at radius 2 is 2.36 bits per heavy atom. The molecule has 84 valence electrons. The number of ether oxygens (including phenoxy) is 1. The third-order valence-corrected chi connectivity index (χ3v) is 3.12. The molecule has 1 aliphatic heterocycles. The molecule has 0 aromatic heterocycles. The normalized spacial score (nSPS) is 32.4. The minimum Gasteiger partial charge on any atom is -0.396 e. The van der Waals surface area contributed by atoms with Crippen molar-refractivity contribution in [1.29, 1.82) is 0 Å². The Morgan fingerprint density at radius 3 is 2.86 bits per heavy atom. The van der Waals surface area contributed by atoms with Crippen LogP contribution in [-0.4, -0.2) is 43.1 Å². The summed E-state index contributed by atoms with van der Waals surface area (Å²) in [5.41, 5.74) is 5.75. The molecule has 0 spiro atoms. The van der Waals surface area contributed by atoms with Crippen molar-refractivity contribution in [3.05, 3.63) is 0 Å². The lowest BCUT2D eigenvalue weighted by atomic mass is 9.92. The summed E-state index contributed by atoms with van der Waals surface area (Å²) in [6, 6.07) is 0. The fourth-order valence-electron chi connectivity index (χ4n) is 1.93. The monoisotopic (exact) mass is 202 g/mol. The van der Waals surface area contributed by atoms with Crippen LogP contribution < -0.4 is 11.1 Å². The predicted molar refractivity (Wildman–Crippen MR) is 56.1 cm³/mol. The van der Waals surface area contributed by atoms with Crippen LogP contribution in [-0.2, 0) is 4.74 Å². The van der Waals surface area contributed by atoms with Crippen LogP contribution in [0.5, 0.6) is 0 Å². The Morgan fingerprint density at radius 1 is 1.57 bits per heavy atom. The van der Waals surface area contributed by atoms with E-state index in [9.17, 15) is 0 Å². The minimum absolute atomic E-state index is 0.0323. The second kappa shape index (κ2) is 5.66. The molecular formula is C10H22N2O2. The summed E-state index contributed by atoms with van der Waals surface area (Å²) in [5, 5.41) is 12.1. The van der Waals surface area contributed by atoms with Crippen molar-refractivity contribution >= 4 is 0 Å². The Kier molecular flexibility index (Phi) is 4.81. The molecule has 1 heterocycles. The van der Waals surface area contributed by atoms with E-state index in [-0.39, 0.29) is 18.2 Å². The lowest BCUT2D eigenvalue weighted by Crippen LogP contribution is -2.56. The smallest absolute Gasteiger partial charge is 0.0741 e. The molecule has 2 unspecified atom stereocenters. The van der Waals surface area contributed by atoms with Crippen LogP contribution in [0.15, 0.2) is 0 Å². The number of hydrogen-bond donors (Lipinski definition) is 3. The van der Waals surface area contributed by atoms with Gasteiger partial charge in [0.15, 0.2) is 0 Å². The molecular weight excluding hydrogens is 180 g/mol. The summed E-state index contributed by atoms with van der Waals surface area (Å²) in [4.78, 5) is 0. The highest BCUT2D eigenvalue weighted by molar-refractivity contribution is 4.98. The van der Waals surface area contributed by atoms with Gasteiger partial charge in [0.05, 0.1) is 11.6 Å². The van der Waals surface area contributed by atoms with E-state index in [0.29, 0.717) is 6.54 Å². The van der Waals surface area contributed by atoms with Gasteiger partial charge >= 0.3 is 0 Å². The predicted octanol–water partition coefficient (Wildman–Crippen LogP) is -0.145. The molecule has 0 amide bonds. The first kappa shape index (κ1) is 11.9. The quantitative estimate of drug-likeness (QED) is 0.524. The zero-order valence-electron chi connectivity index (χ0n) is 8.96. The molecule has 0 aliphatic carbocycles. The number of unbranched alkanes of at least 4 members (excludes halogenated alkanes) is 1. The first-order valence-corrected chi connectivity index (χ1v) is 5.43. The minimum atomic E-state index is -0.0323. The molecule has 1 aliphatic rings. The van der Waals surface area contributed by atoms with Crippen LogP contribution in [0.2, 0.25) is 0 Å². The highest BCUT2D eigenvalue weighted by Crippen LogP contribution is 2.24. The zero-order valence-corrected chi connectivity index (χ0v) is 8.96. The lowest BCUT2D eigenvalue weighted by Gasteiger charge is -2.32. The second-order valence-electron chi connectivity index (χ2n) is 3.98. The Labute approximate surface area is 85.8 Å². The number of rotatable bonds is 6. The topological polar surface area (TPSA) is 67.5 Å². The van der Waals surface area contributed by atoms with Crippen molar-refractivity contribution in [1.82, 2.24) is 5.32 Å². The van der Waals surface area contributed by atoms with Gasteiger partial charge in [-0.05, 0) is 32.7 Å². The van der Waals surface area contributed by atoms with E-state index < -0.39 is 0 Å². The van der Waals surface area contributed by atoms with Crippen LogP contribution in [0.25, 0.3) is 0 Å². The van der Waals surface area contributed by atoms with Crippen molar-refractivity contribution in [2.24, 2.45) is 5.73 Å². The third kappa shape index (κ3) is 2.67. The summed E-state index contributed by atoms with van der Waals surface area (Å²) in [6.45, 7) is 4.66. The van der Waals surface area contributed by atoms with Crippen LogP contribution >= 0.6 is 0 Å². The first-order chi connectivity index (χ1) is 6.75. The van der Waals surface area contributed by atoms with Gasteiger partial charge in [-0.3, -0.25) is 0 Å². The molecule has 14 heavy (non-hydrogen) atoms. The molecule has 4 heteroatoms. The van der Waals surface area contributed by atoms with E-state index in [2.05, 4.69) is 12.2 Å². The second-order valence-corrected chi connectivity index (χ2v) is 3.98. The molecule has 0 radical (unpaired) electrons. The SMILES string of the molecule is CC1OCCC1(CN)NCCCCO. The molecule has 0 saturated carbocycles. The van der Waals surface area contributed by atoms with Crippen molar-refractivity contribution in [2.45, 2.75) is 37.8 Å². The maximum Gasteiger partial charge on any atom is 0.0741 e. The Bertz CT molecular complexity index is 166. The van der Waals surface area contributed by atoms with E-state index in [1.54, 1.807) is 0 Å². The molecule has 0 aromatic rings. The standard InChI is InChI=1S/C10H22N2O2/c1-9-10(8-11,4-7-14-9)12-5-2-3-6-13/h9,12-13H,2-8,11H2,1H3. The highest BCUT2D eigenvalue weighted by atomic mass is 16.5. The van der Waals surface area contributed by atoms with Gasteiger partial charge in [0.25, 0.3) is 0 Å². The number of aliphatic hydroxyl groups is 1. The van der Waals surface area contributed by atoms with Gasteiger partial charge in [-0.2, -0.15) is 0 Å². The maximum absolute atomic E-state index is 8.65. The molecule has 0 aromatic carbocycles. The van der Waals surface area contributed by atoms with E-state index in [1.807, 2.05) is 0 Å². The molecule has 4 nitrogen and oxygen atoms in total. The van der Waals surface area contributed by atoms with Crippen molar-refractivity contribution in [2.75, 3.05) is 26.3 Å². The van der Waals surface area contributed by atoms with Gasteiger partial charge in [0.1, 0.15) is 0 Å². The number of nitrogens with one attached hydrogen (secondary N) is 1. The molecule has 0 bridgehead atoms. The largest absolute Gasteiger partial charge is 0.396 e. The number of nitrogens with two attached hydrogens (primary N) is 1. The van der Waals surface area contributed by atoms with Gasteiger partial charge in [-0.25, -0.2) is 0 Å². The maximum atomic E-state index is 8.65. The number of hydrogen-bond acceptors (Lipinski definition) is 4.